The predicted molar refractivity (Wildman–Crippen MR) is 148 cm³/mol. The summed E-state index contributed by atoms with van der Waals surface area (Å²) in [5.41, 5.74) is 0. The van der Waals surface area contributed by atoms with Gasteiger partial charge in [0.1, 0.15) is 5.78 Å². The zero-order valence-corrected chi connectivity index (χ0v) is 23.5. The average molecular weight is 483 g/mol. The molecule has 0 aromatic rings. The summed E-state index contributed by atoms with van der Waals surface area (Å²) in [6.07, 6.45) is 21.5. The topological polar surface area (TPSA) is 17.1 Å². The first kappa shape index (κ1) is 28.6. The number of rotatable bonds is 14. The van der Waals surface area contributed by atoms with E-state index in [2.05, 4.69) is 27.7 Å². The molecule has 1 nitrogen and oxygen atoms in total. The van der Waals surface area contributed by atoms with Crippen molar-refractivity contribution in [3.05, 3.63) is 0 Å². The molecule has 0 amide bonds. The highest BCUT2D eigenvalue weighted by Crippen LogP contribution is 2.36. The van der Waals surface area contributed by atoms with Crippen LogP contribution in [0.25, 0.3) is 0 Å². The summed E-state index contributed by atoms with van der Waals surface area (Å²) in [7, 11) is 0. The smallest absolute Gasteiger partial charge is 0.141 e. The van der Waals surface area contributed by atoms with Crippen molar-refractivity contribution in [2.45, 2.75) is 141 Å². The largest absolute Gasteiger partial charge is 0.299 e. The first-order valence-corrected chi connectivity index (χ1v) is 15.2. The molecule has 188 valence electrons. The Labute approximate surface area is 211 Å². The van der Waals surface area contributed by atoms with Gasteiger partial charge in [0.15, 0.2) is 0 Å². The fourth-order valence-corrected chi connectivity index (χ4v) is 8.04. The summed E-state index contributed by atoms with van der Waals surface area (Å²) < 4.78 is 0. The maximum absolute atomic E-state index is 13.8. The number of Topliss-reactive ketones (excluding diaryl/α,β-unsaturated/α-hetero) is 1. The lowest BCUT2D eigenvalue weighted by atomic mass is 9.75. The van der Waals surface area contributed by atoms with Crippen molar-refractivity contribution in [3.63, 3.8) is 0 Å². The Hall–Kier alpha value is 0.370. The van der Waals surface area contributed by atoms with Crippen molar-refractivity contribution < 1.29 is 4.79 Å². The molecule has 2 saturated carbocycles. The molecule has 0 heterocycles. The van der Waals surface area contributed by atoms with Crippen LogP contribution in [0.1, 0.15) is 130 Å². The quantitative estimate of drug-likeness (QED) is 0.236. The summed E-state index contributed by atoms with van der Waals surface area (Å²) >= 11 is 10.1. The van der Waals surface area contributed by atoms with Crippen LogP contribution in [0, 0.1) is 35.5 Å². The van der Waals surface area contributed by atoms with Crippen molar-refractivity contribution in [1.29, 1.82) is 0 Å². The van der Waals surface area contributed by atoms with Crippen LogP contribution in [-0.4, -0.2) is 16.3 Å². The number of carbonyl (C=O) groups excluding carboxylic acids is 1. The van der Waals surface area contributed by atoms with Gasteiger partial charge < -0.3 is 0 Å². The van der Waals surface area contributed by atoms with Crippen LogP contribution in [0.5, 0.6) is 0 Å². The van der Waals surface area contributed by atoms with Gasteiger partial charge in [0.25, 0.3) is 0 Å². The van der Waals surface area contributed by atoms with Crippen LogP contribution in [0.2, 0.25) is 0 Å². The van der Waals surface area contributed by atoms with Crippen molar-refractivity contribution in [2.24, 2.45) is 35.5 Å². The molecule has 0 aliphatic heterocycles. The second-order valence-electron chi connectivity index (χ2n) is 11.9. The molecule has 0 aromatic carbocycles. The molecule has 2 aliphatic carbocycles. The van der Waals surface area contributed by atoms with Gasteiger partial charge >= 0.3 is 0 Å². The monoisotopic (exact) mass is 482 g/mol. The fourth-order valence-electron chi connectivity index (χ4n) is 6.69. The number of hydrogen-bond donors (Lipinski definition) is 2. The summed E-state index contributed by atoms with van der Waals surface area (Å²) in [5, 5.41) is 0.380. The molecular weight excluding hydrogens is 428 g/mol. The average Bonchev–Trinajstić information content (AvgIpc) is 2.75. The van der Waals surface area contributed by atoms with E-state index in [9.17, 15) is 4.79 Å². The molecule has 2 rings (SSSR count). The van der Waals surface area contributed by atoms with Gasteiger partial charge in [0.05, 0.1) is 0 Å². The lowest BCUT2D eigenvalue weighted by molar-refractivity contribution is -0.129. The Kier molecular flexibility index (Phi) is 13.8. The van der Waals surface area contributed by atoms with E-state index in [1.54, 1.807) is 0 Å². The van der Waals surface area contributed by atoms with E-state index in [1.165, 1.54) is 89.9 Å². The fraction of sp³-hybridized carbons (Fsp3) is 0.966. The second-order valence-corrected chi connectivity index (χ2v) is 13.3. The van der Waals surface area contributed by atoms with Gasteiger partial charge in [-0.05, 0) is 36.5 Å². The maximum atomic E-state index is 13.8. The molecule has 0 spiro atoms. The molecule has 3 heteroatoms. The first-order valence-electron chi connectivity index (χ1n) is 14.2. The molecule has 2 fully saturated rings. The van der Waals surface area contributed by atoms with Gasteiger partial charge in [-0.15, -0.1) is 0 Å². The predicted octanol–water partition coefficient (Wildman–Crippen LogP) is 9.20. The van der Waals surface area contributed by atoms with Crippen LogP contribution >= 0.6 is 25.3 Å². The molecule has 0 bridgehead atoms. The van der Waals surface area contributed by atoms with Crippen LogP contribution in [0.15, 0.2) is 0 Å². The molecule has 32 heavy (non-hydrogen) atoms. The Balaban J connectivity index is 1.87. The van der Waals surface area contributed by atoms with E-state index in [4.69, 9.17) is 25.3 Å². The Morgan fingerprint density at radius 3 is 1.31 bits per heavy atom. The standard InChI is InChI=1S/C29H54OS2/c1-21(2)27(25(31)19-11-17-23-13-7-5-8-14-23)29(30)28(22(3)4)26(32)20-12-18-24-15-9-6-10-16-24/h21-28,31-32H,5-20H2,1-4H3. The molecular formula is C29H54OS2. The number of hydrogen-bond acceptors (Lipinski definition) is 3. The lowest BCUT2D eigenvalue weighted by Gasteiger charge is -2.34. The third-order valence-corrected chi connectivity index (χ3v) is 9.76. The molecule has 0 radical (unpaired) electrons. The second kappa shape index (κ2) is 15.4. The minimum absolute atomic E-state index is 0.0603. The number of thiol groups is 2. The third kappa shape index (κ3) is 9.55. The molecule has 0 saturated heterocycles. The summed E-state index contributed by atoms with van der Waals surface area (Å²) in [6, 6.07) is 0. The van der Waals surface area contributed by atoms with Crippen LogP contribution in [-0.2, 0) is 4.79 Å². The highest BCUT2D eigenvalue weighted by molar-refractivity contribution is 7.81. The molecule has 4 atom stereocenters. The van der Waals surface area contributed by atoms with Gasteiger partial charge in [-0.3, -0.25) is 4.79 Å². The van der Waals surface area contributed by atoms with Crippen LogP contribution in [0.3, 0.4) is 0 Å². The zero-order chi connectivity index (χ0) is 23.5. The highest BCUT2D eigenvalue weighted by Gasteiger charge is 2.37. The molecule has 0 aromatic heterocycles. The maximum Gasteiger partial charge on any atom is 0.141 e. The minimum Gasteiger partial charge on any atom is -0.299 e. The van der Waals surface area contributed by atoms with E-state index >= 15 is 0 Å². The van der Waals surface area contributed by atoms with Gasteiger partial charge in [-0.1, -0.05) is 118 Å². The van der Waals surface area contributed by atoms with Crippen LogP contribution < -0.4 is 0 Å². The minimum atomic E-state index is 0.0603. The Morgan fingerprint density at radius 2 is 1.00 bits per heavy atom. The summed E-state index contributed by atoms with van der Waals surface area (Å²) in [6.45, 7) is 8.89. The first-order chi connectivity index (χ1) is 15.3. The SMILES string of the molecule is CC(C)C(C(=O)C(C(C)C)C(S)CCCC1CCCCC1)C(S)CCCC1CCCCC1. The van der Waals surface area contributed by atoms with E-state index < -0.39 is 0 Å². The number of carbonyl (C=O) groups is 1. The number of ketones is 1. The summed E-state index contributed by atoms with van der Waals surface area (Å²) in [5.74, 6) is 3.12. The lowest BCUT2D eigenvalue weighted by Crippen LogP contribution is -2.40. The van der Waals surface area contributed by atoms with E-state index in [-0.39, 0.29) is 22.3 Å². The normalized spacial score (nSPS) is 22.8. The van der Waals surface area contributed by atoms with Gasteiger partial charge in [-0.25, -0.2) is 0 Å². The van der Waals surface area contributed by atoms with E-state index in [1.807, 2.05) is 0 Å². The van der Waals surface area contributed by atoms with Gasteiger partial charge in [0.2, 0.25) is 0 Å². The van der Waals surface area contributed by atoms with Gasteiger partial charge in [0, 0.05) is 22.3 Å². The third-order valence-electron chi connectivity index (χ3n) is 8.60. The van der Waals surface area contributed by atoms with Crippen LogP contribution in [0.4, 0.5) is 0 Å². The van der Waals surface area contributed by atoms with Crippen molar-refractivity contribution in [1.82, 2.24) is 0 Å². The zero-order valence-electron chi connectivity index (χ0n) is 21.7. The molecule has 0 N–H and O–H groups in total. The van der Waals surface area contributed by atoms with Crippen molar-refractivity contribution in [2.75, 3.05) is 0 Å². The molecule has 4 unspecified atom stereocenters. The molecule has 2 aliphatic rings. The van der Waals surface area contributed by atoms with Crippen molar-refractivity contribution in [3.8, 4) is 0 Å². The highest BCUT2D eigenvalue weighted by atomic mass is 32.1. The van der Waals surface area contributed by atoms with Gasteiger partial charge in [-0.2, -0.15) is 25.3 Å². The van der Waals surface area contributed by atoms with E-state index in [0.717, 1.165) is 24.7 Å². The Morgan fingerprint density at radius 1 is 0.656 bits per heavy atom. The van der Waals surface area contributed by atoms with Crippen molar-refractivity contribution >= 4 is 31.0 Å². The Bertz CT molecular complexity index is 461. The summed E-state index contributed by atoms with van der Waals surface area (Å²) in [4.78, 5) is 13.8. The van der Waals surface area contributed by atoms with E-state index in [0.29, 0.717) is 17.6 Å².